The Morgan fingerprint density at radius 2 is 1.85 bits per heavy atom. The summed E-state index contributed by atoms with van der Waals surface area (Å²) in [4.78, 5) is 11.9. The lowest BCUT2D eigenvalue weighted by Crippen LogP contribution is -2.45. The molecule has 0 radical (unpaired) electrons. The molecule has 1 amide bonds. The van der Waals surface area contributed by atoms with Crippen LogP contribution in [0.25, 0.3) is 0 Å². The maximum Gasteiger partial charge on any atom is 0.237 e. The number of hydrogen-bond acceptors (Lipinski definition) is 2. The summed E-state index contributed by atoms with van der Waals surface area (Å²) in [6, 6.07) is 8.02. The third kappa shape index (κ3) is 6.53. The number of carbonyl (C=O) groups is 1. The summed E-state index contributed by atoms with van der Waals surface area (Å²) in [7, 11) is 0. The van der Waals surface area contributed by atoms with Crippen LogP contribution < -0.4 is 11.1 Å². The Bertz CT molecular complexity index is 417. The molecule has 0 spiro atoms. The first kappa shape index (κ1) is 17.2. The summed E-state index contributed by atoms with van der Waals surface area (Å²) in [6.45, 7) is 6.17. The Balaban J connectivity index is 2.34. The van der Waals surface area contributed by atoms with Gasteiger partial charge in [0.1, 0.15) is 0 Å². The minimum Gasteiger partial charge on any atom is -0.352 e. The lowest BCUT2D eigenvalue weighted by Gasteiger charge is -2.18. The van der Waals surface area contributed by atoms with Gasteiger partial charge in [0.15, 0.2) is 0 Å². The number of carbonyl (C=O) groups excluding carboxylic acids is 1. The van der Waals surface area contributed by atoms with E-state index in [0.717, 1.165) is 23.7 Å². The third-order valence-corrected chi connectivity index (χ3v) is 3.76. The summed E-state index contributed by atoms with van der Waals surface area (Å²) in [5, 5.41) is 2.99. The van der Waals surface area contributed by atoms with Gasteiger partial charge in [-0.25, -0.2) is 0 Å². The van der Waals surface area contributed by atoms with E-state index in [-0.39, 0.29) is 11.9 Å². The van der Waals surface area contributed by atoms with Gasteiger partial charge in [0.25, 0.3) is 0 Å². The van der Waals surface area contributed by atoms with Gasteiger partial charge in [-0.05, 0) is 49.8 Å². The van der Waals surface area contributed by atoms with Crippen LogP contribution >= 0.6 is 15.9 Å². The molecule has 0 heterocycles. The zero-order valence-electron chi connectivity index (χ0n) is 12.5. The molecule has 3 N–H and O–H groups in total. The van der Waals surface area contributed by atoms with Crippen molar-refractivity contribution in [1.82, 2.24) is 5.32 Å². The monoisotopic (exact) mass is 340 g/mol. The number of rotatable bonds is 7. The van der Waals surface area contributed by atoms with E-state index in [2.05, 4.69) is 47.2 Å². The Morgan fingerprint density at radius 3 is 2.40 bits per heavy atom. The van der Waals surface area contributed by atoms with Crippen LogP contribution in [0.15, 0.2) is 28.7 Å². The summed E-state index contributed by atoms with van der Waals surface area (Å²) < 4.78 is 1.09. The van der Waals surface area contributed by atoms with Crippen LogP contribution in [0.4, 0.5) is 0 Å². The first-order valence-corrected chi connectivity index (χ1v) is 7.98. The van der Waals surface area contributed by atoms with E-state index in [0.29, 0.717) is 5.92 Å². The first-order valence-electron chi connectivity index (χ1n) is 7.19. The van der Waals surface area contributed by atoms with E-state index in [1.807, 2.05) is 19.1 Å². The van der Waals surface area contributed by atoms with Crippen molar-refractivity contribution in [3.63, 3.8) is 0 Å². The summed E-state index contributed by atoms with van der Waals surface area (Å²) in [5.41, 5.74) is 7.15. The molecule has 4 heteroatoms. The molecule has 0 aliphatic heterocycles. The summed E-state index contributed by atoms with van der Waals surface area (Å²) >= 11 is 3.42. The van der Waals surface area contributed by atoms with E-state index >= 15 is 0 Å². The minimum atomic E-state index is -0.398. The average Bonchev–Trinajstić information content (AvgIpc) is 2.37. The fraction of sp³-hybridized carbons (Fsp3) is 0.562. The summed E-state index contributed by atoms with van der Waals surface area (Å²) in [5.74, 6) is 0.399. The lowest BCUT2D eigenvalue weighted by molar-refractivity contribution is -0.123. The highest BCUT2D eigenvalue weighted by Crippen LogP contribution is 2.12. The van der Waals surface area contributed by atoms with Gasteiger partial charge in [-0.1, -0.05) is 41.9 Å². The zero-order chi connectivity index (χ0) is 15.1. The SMILES string of the molecule is CC(C)C[C@H](N)C(=O)NC(C)CCc1ccc(Br)cc1. The predicted molar refractivity (Wildman–Crippen MR) is 87.5 cm³/mol. The zero-order valence-corrected chi connectivity index (χ0v) is 14.1. The smallest absolute Gasteiger partial charge is 0.237 e. The van der Waals surface area contributed by atoms with Gasteiger partial charge >= 0.3 is 0 Å². The second kappa shape index (κ2) is 8.42. The number of amides is 1. The fourth-order valence-corrected chi connectivity index (χ4v) is 2.34. The molecular formula is C16H25BrN2O. The van der Waals surface area contributed by atoms with Gasteiger partial charge in [0.05, 0.1) is 6.04 Å². The normalized spacial score (nSPS) is 14.1. The second-order valence-electron chi connectivity index (χ2n) is 5.81. The Hall–Kier alpha value is -0.870. The second-order valence-corrected chi connectivity index (χ2v) is 6.73. The number of halogens is 1. The van der Waals surface area contributed by atoms with Crippen LogP contribution in [-0.2, 0) is 11.2 Å². The minimum absolute atomic E-state index is 0.0398. The molecule has 3 nitrogen and oxygen atoms in total. The highest BCUT2D eigenvalue weighted by atomic mass is 79.9. The van der Waals surface area contributed by atoms with Crippen LogP contribution in [0.1, 0.15) is 39.2 Å². The van der Waals surface area contributed by atoms with E-state index in [1.54, 1.807) is 0 Å². The highest BCUT2D eigenvalue weighted by Gasteiger charge is 2.16. The highest BCUT2D eigenvalue weighted by molar-refractivity contribution is 9.10. The predicted octanol–water partition coefficient (Wildman–Crippen LogP) is 3.26. The molecule has 20 heavy (non-hydrogen) atoms. The van der Waals surface area contributed by atoms with Gasteiger partial charge in [-0.15, -0.1) is 0 Å². The van der Waals surface area contributed by atoms with E-state index in [4.69, 9.17) is 5.73 Å². The molecule has 1 aromatic rings. The van der Waals surface area contributed by atoms with Gasteiger partial charge in [-0.3, -0.25) is 4.79 Å². The van der Waals surface area contributed by atoms with E-state index < -0.39 is 6.04 Å². The number of nitrogens with one attached hydrogen (secondary N) is 1. The largest absolute Gasteiger partial charge is 0.352 e. The Morgan fingerprint density at radius 1 is 1.25 bits per heavy atom. The van der Waals surface area contributed by atoms with E-state index in [9.17, 15) is 4.79 Å². The molecule has 1 aromatic carbocycles. The van der Waals surface area contributed by atoms with Crippen LogP contribution in [0.3, 0.4) is 0 Å². The molecule has 0 fully saturated rings. The fourth-order valence-electron chi connectivity index (χ4n) is 2.07. The van der Waals surface area contributed by atoms with Crippen LogP contribution in [-0.4, -0.2) is 18.0 Å². The van der Waals surface area contributed by atoms with Crippen LogP contribution in [0, 0.1) is 5.92 Å². The van der Waals surface area contributed by atoms with Gasteiger partial charge < -0.3 is 11.1 Å². The van der Waals surface area contributed by atoms with Crippen molar-refractivity contribution < 1.29 is 4.79 Å². The topological polar surface area (TPSA) is 55.1 Å². The maximum atomic E-state index is 11.9. The molecule has 0 bridgehead atoms. The molecular weight excluding hydrogens is 316 g/mol. The van der Waals surface area contributed by atoms with Crippen LogP contribution in [0.5, 0.6) is 0 Å². The molecule has 2 atom stereocenters. The van der Waals surface area contributed by atoms with Crippen molar-refractivity contribution in [3.05, 3.63) is 34.3 Å². The molecule has 0 aromatic heterocycles. The Kier molecular flexibility index (Phi) is 7.24. The van der Waals surface area contributed by atoms with Gasteiger partial charge in [0, 0.05) is 10.5 Å². The molecule has 112 valence electrons. The van der Waals surface area contributed by atoms with Crippen molar-refractivity contribution in [2.24, 2.45) is 11.7 Å². The van der Waals surface area contributed by atoms with Crippen LogP contribution in [0.2, 0.25) is 0 Å². The van der Waals surface area contributed by atoms with Crippen molar-refractivity contribution in [3.8, 4) is 0 Å². The quantitative estimate of drug-likeness (QED) is 0.800. The molecule has 1 unspecified atom stereocenters. The number of hydrogen-bond donors (Lipinski definition) is 2. The lowest BCUT2D eigenvalue weighted by atomic mass is 10.0. The Labute approximate surface area is 130 Å². The molecule has 0 saturated carbocycles. The van der Waals surface area contributed by atoms with Gasteiger partial charge in [0.2, 0.25) is 5.91 Å². The van der Waals surface area contributed by atoms with Crippen molar-refractivity contribution in [2.75, 3.05) is 0 Å². The van der Waals surface area contributed by atoms with Crippen molar-refractivity contribution in [2.45, 2.75) is 52.1 Å². The average molecular weight is 341 g/mol. The molecule has 0 saturated heterocycles. The number of nitrogens with two attached hydrogens (primary N) is 1. The number of benzene rings is 1. The summed E-state index contributed by atoms with van der Waals surface area (Å²) in [6.07, 6.45) is 2.60. The van der Waals surface area contributed by atoms with E-state index in [1.165, 1.54) is 5.56 Å². The van der Waals surface area contributed by atoms with Crippen molar-refractivity contribution >= 4 is 21.8 Å². The van der Waals surface area contributed by atoms with Gasteiger partial charge in [-0.2, -0.15) is 0 Å². The standard InChI is InChI=1S/C16H25BrN2O/c1-11(2)10-15(18)16(20)19-12(3)4-5-13-6-8-14(17)9-7-13/h6-9,11-12,15H,4-5,10,18H2,1-3H3,(H,19,20)/t12?,15-/m0/s1. The molecule has 0 aliphatic rings. The van der Waals surface area contributed by atoms with Crippen molar-refractivity contribution in [1.29, 1.82) is 0 Å². The molecule has 1 rings (SSSR count). The first-order chi connectivity index (χ1) is 9.38. The number of aryl methyl sites for hydroxylation is 1. The molecule has 0 aliphatic carbocycles. The maximum absolute atomic E-state index is 11.9. The third-order valence-electron chi connectivity index (χ3n) is 3.23.